The molecule has 0 atom stereocenters. The first kappa shape index (κ1) is 12.5. The van der Waals surface area contributed by atoms with Crippen LogP contribution in [0.4, 0.5) is 5.82 Å². The Morgan fingerprint density at radius 3 is 2.90 bits per heavy atom. The first-order valence-electron chi connectivity index (χ1n) is 6.28. The van der Waals surface area contributed by atoms with Crippen LogP contribution in [0.2, 0.25) is 0 Å². The summed E-state index contributed by atoms with van der Waals surface area (Å²) in [5.41, 5.74) is 0. The Balaban J connectivity index is 1.98. The minimum Gasteiger partial charge on any atom is -0.463 e. The predicted molar refractivity (Wildman–Crippen MR) is 69.8 cm³/mol. The van der Waals surface area contributed by atoms with Crippen molar-refractivity contribution in [2.45, 2.75) is 18.8 Å². The molecule has 0 aliphatic heterocycles. The third kappa shape index (κ3) is 2.31. The molecule has 8 heteroatoms. The number of carbonyl (C=O) groups is 1. The van der Waals surface area contributed by atoms with E-state index < -0.39 is 5.97 Å². The summed E-state index contributed by atoms with van der Waals surface area (Å²) in [7, 11) is 3.09. The first-order valence-corrected chi connectivity index (χ1v) is 6.28. The van der Waals surface area contributed by atoms with Gasteiger partial charge in [-0.25, -0.2) is 24.4 Å². The number of hydrogen-bond donors (Lipinski definition) is 1. The second-order valence-corrected chi connectivity index (χ2v) is 4.50. The zero-order valence-corrected chi connectivity index (χ0v) is 11.2. The van der Waals surface area contributed by atoms with Crippen molar-refractivity contribution in [3.05, 3.63) is 24.0 Å². The van der Waals surface area contributed by atoms with Crippen molar-refractivity contribution in [3.8, 4) is 5.82 Å². The molecule has 20 heavy (non-hydrogen) atoms. The quantitative estimate of drug-likeness (QED) is 0.822. The Hall–Kier alpha value is -2.51. The molecule has 0 aromatic carbocycles. The van der Waals surface area contributed by atoms with Gasteiger partial charge in [0.1, 0.15) is 18.0 Å². The third-order valence-electron chi connectivity index (χ3n) is 3.02. The summed E-state index contributed by atoms with van der Waals surface area (Å²) in [6.07, 6.45) is 3.65. The lowest BCUT2D eigenvalue weighted by Crippen LogP contribution is -2.08. The summed E-state index contributed by atoms with van der Waals surface area (Å²) in [4.78, 5) is 24.2. The molecule has 2 heterocycles. The van der Waals surface area contributed by atoms with E-state index in [1.54, 1.807) is 13.1 Å². The molecule has 1 saturated carbocycles. The van der Waals surface area contributed by atoms with Crippen LogP contribution in [0.1, 0.15) is 35.2 Å². The third-order valence-corrected chi connectivity index (χ3v) is 3.02. The van der Waals surface area contributed by atoms with Crippen LogP contribution in [0.25, 0.3) is 5.82 Å². The maximum absolute atomic E-state index is 11.4. The second kappa shape index (κ2) is 4.87. The summed E-state index contributed by atoms with van der Waals surface area (Å²) in [5, 5.41) is 7.06. The van der Waals surface area contributed by atoms with Gasteiger partial charge in [-0.3, -0.25) is 0 Å². The lowest BCUT2D eigenvalue weighted by atomic mass is 10.4. The van der Waals surface area contributed by atoms with Crippen molar-refractivity contribution in [1.29, 1.82) is 0 Å². The van der Waals surface area contributed by atoms with E-state index in [9.17, 15) is 4.79 Å². The summed E-state index contributed by atoms with van der Waals surface area (Å²) < 4.78 is 6.03. The van der Waals surface area contributed by atoms with E-state index in [0.29, 0.717) is 17.6 Å². The Morgan fingerprint density at radius 2 is 2.25 bits per heavy atom. The number of aromatic nitrogens is 5. The summed E-state index contributed by atoms with van der Waals surface area (Å²) in [5.74, 6) is 1.94. The fourth-order valence-electron chi connectivity index (χ4n) is 1.78. The average molecular weight is 274 g/mol. The summed E-state index contributed by atoms with van der Waals surface area (Å²) >= 11 is 0. The molecule has 2 aromatic rings. The van der Waals surface area contributed by atoms with Crippen LogP contribution in [0.3, 0.4) is 0 Å². The lowest BCUT2D eigenvalue weighted by molar-refractivity contribution is 0.0587. The molecule has 3 rings (SSSR count). The van der Waals surface area contributed by atoms with Crippen molar-refractivity contribution in [1.82, 2.24) is 24.7 Å². The number of nitrogens with one attached hydrogen (secondary N) is 1. The van der Waals surface area contributed by atoms with Crippen molar-refractivity contribution < 1.29 is 9.53 Å². The highest BCUT2D eigenvalue weighted by molar-refractivity contribution is 5.84. The van der Waals surface area contributed by atoms with Gasteiger partial charge in [0.2, 0.25) is 0 Å². The molecular formula is C12H14N6O2. The van der Waals surface area contributed by atoms with Gasteiger partial charge in [0.05, 0.1) is 7.11 Å². The van der Waals surface area contributed by atoms with Crippen LogP contribution in [0.15, 0.2) is 12.4 Å². The van der Waals surface area contributed by atoms with Crippen molar-refractivity contribution in [2.75, 3.05) is 19.5 Å². The number of methoxy groups -OCH3 is 1. The molecule has 104 valence electrons. The van der Waals surface area contributed by atoms with Gasteiger partial charge < -0.3 is 10.1 Å². The Bertz CT molecular complexity index is 649. The van der Waals surface area contributed by atoms with Gasteiger partial charge in [-0.2, -0.15) is 0 Å². The van der Waals surface area contributed by atoms with E-state index in [-0.39, 0.29) is 5.82 Å². The fraction of sp³-hybridized carbons (Fsp3) is 0.417. The summed E-state index contributed by atoms with van der Waals surface area (Å²) in [6.45, 7) is 0. The van der Waals surface area contributed by atoms with Crippen LogP contribution in [0, 0.1) is 0 Å². The van der Waals surface area contributed by atoms with Crippen LogP contribution in [0.5, 0.6) is 0 Å². The zero-order chi connectivity index (χ0) is 14.1. The fourth-order valence-corrected chi connectivity index (χ4v) is 1.78. The Morgan fingerprint density at radius 1 is 1.45 bits per heavy atom. The molecule has 2 aromatic heterocycles. The molecule has 0 bridgehead atoms. The first-order chi connectivity index (χ1) is 9.71. The van der Waals surface area contributed by atoms with Gasteiger partial charge in [-0.05, 0) is 12.8 Å². The number of carbonyl (C=O) groups excluding carboxylic acids is 1. The number of anilines is 1. The van der Waals surface area contributed by atoms with E-state index in [1.165, 1.54) is 18.1 Å². The molecule has 1 aliphatic rings. The van der Waals surface area contributed by atoms with Crippen LogP contribution >= 0.6 is 0 Å². The minimum absolute atomic E-state index is 0.00471. The number of nitrogens with zero attached hydrogens (tertiary/aromatic N) is 5. The maximum atomic E-state index is 11.4. The molecule has 0 amide bonds. The monoisotopic (exact) mass is 274 g/mol. The number of esters is 1. The number of hydrogen-bond acceptors (Lipinski definition) is 7. The number of ether oxygens (including phenoxy) is 1. The lowest BCUT2D eigenvalue weighted by Gasteiger charge is -2.06. The van der Waals surface area contributed by atoms with E-state index in [2.05, 4.69) is 30.1 Å². The maximum Gasteiger partial charge on any atom is 0.377 e. The molecule has 0 spiro atoms. The highest BCUT2D eigenvalue weighted by atomic mass is 16.5. The van der Waals surface area contributed by atoms with Crippen LogP contribution in [-0.2, 0) is 4.74 Å². The molecule has 1 N–H and O–H groups in total. The van der Waals surface area contributed by atoms with Gasteiger partial charge in [-0.1, -0.05) is 0 Å². The van der Waals surface area contributed by atoms with Gasteiger partial charge in [0, 0.05) is 19.0 Å². The van der Waals surface area contributed by atoms with Crippen molar-refractivity contribution >= 4 is 11.8 Å². The van der Waals surface area contributed by atoms with Gasteiger partial charge in [0.25, 0.3) is 5.82 Å². The molecule has 8 nitrogen and oxygen atoms in total. The predicted octanol–water partition coefficient (Wildman–Crippen LogP) is 0.763. The minimum atomic E-state index is -0.575. The molecule has 0 unspecified atom stereocenters. The van der Waals surface area contributed by atoms with Gasteiger partial charge in [-0.15, -0.1) is 5.10 Å². The SMILES string of the molecule is CNc1cc(-n2cnc(C(=O)OC)n2)nc(C2CC2)n1. The smallest absolute Gasteiger partial charge is 0.377 e. The molecule has 0 radical (unpaired) electrons. The normalized spacial score (nSPS) is 14.1. The topological polar surface area (TPSA) is 94.8 Å². The highest BCUT2D eigenvalue weighted by Gasteiger charge is 2.27. The van der Waals surface area contributed by atoms with Gasteiger partial charge in [0.15, 0.2) is 5.82 Å². The Kier molecular flexibility index (Phi) is 3.05. The van der Waals surface area contributed by atoms with E-state index in [4.69, 9.17) is 0 Å². The van der Waals surface area contributed by atoms with E-state index in [0.717, 1.165) is 18.7 Å². The summed E-state index contributed by atoms with van der Waals surface area (Å²) in [6, 6.07) is 1.75. The molecule has 1 aliphatic carbocycles. The number of rotatable bonds is 4. The van der Waals surface area contributed by atoms with Crippen LogP contribution < -0.4 is 5.32 Å². The standard InChI is InChI=1S/C12H14N6O2/c1-13-8-5-9(16-10(15-8)7-3-4-7)18-6-14-11(17-18)12(19)20-2/h5-7H,3-4H2,1-2H3,(H,13,15,16). The Labute approximate surface area is 115 Å². The van der Waals surface area contributed by atoms with Gasteiger partial charge >= 0.3 is 5.97 Å². The van der Waals surface area contributed by atoms with Crippen molar-refractivity contribution in [3.63, 3.8) is 0 Å². The van der Waals surface area contributed by atoms with Crippen molar-refractivity contribution in [2.24, 2.45) is 0 Å². The molecule has 1 fully saturated rings. The molecule has 0 saturated heterocycles. The zero-order valence-electron chi connectivity index (χ0n) is 11.2. The van der Waals surface area contributed by atoms with Crippen LogP contribution in [-0.4, -0.2) is 44.9 Å². The largest absolute Gasteiger partial charge is 0.463 e. The average Bonchev–Trinajstić information content (AvgIpc) is 3.23. The van der Waals surface area contributed by atoms with E-state index >= 15 is 0 Å². The second-order valence-electron chi connectivity index (χ2n) is 4.50. The molecular weight excluding hydrogens is 260 g/mol. The van der Waals surface area contributed by atoms with E-state index in [1.807, 2.05) is 0 Å². The highest BCUT2D eigenvalue weighted by Crippen LogP contribution is 2.38.